The highest BCUT2D eigenvalue weighted by Crippen LogP contribution is 2.25. The van der Waals surface area contributed by atoms with Crippen LogP contribution in [0.2, 0.25) is 0 Å². The molecule has 2 rings (SSSR count). The summed E-state index contributed by atoms with van der Waals surface area (Å²) in [4.78, 5) is 7.42. The smallest absolute Gasteiger partial charge is 0.128 e. The number of imidazole rings is 1. The van der Waals surface area contributed by atoms with Gasteiger partial charge in [-0.05, 0) is 31.0 Å². The van der Waals surface area contributed by atoms with Crippen molar-refractivity contribution in [3.63, 3.8) is 0 Å². The van der Waals surface area contributed by atoms with Crippen LogP contribution in [0.3, 0.4) is 0 Å². The van der Waals surface area contributed by atoms with E-state index in [4.69, 9.17) is 5.73 Å². The molecular formula is C13H18N4. The second-order valence-electron chi connectivity index (χ2n) is 4.10. The molecule has 1 aromatic heterocycles. The number of nitrogens with two attached hydrogens (primary N) is 1. The predicted molar refractivity (Wildman–Crippen MR) is 70.8 cm³/mol. The molecule has 1 aromatic carbocycles. The third-order valence-electron chi connectivity index (χ3n) is 2.96. The zero-order chi connectivity index (χ0) is 12.3. The Balaban J connectivity index is 2.22. The fourth-order valence-corrected chi connectivity index (χ4v) is 1.83. The Bertz CT molecular complexity index is 476. The van der Waals surface area contributed by atoms with Gasteiger partial charge in [0.15, 0.2) is 0 Å². The zero-order valence-electron chi connectivity index (χ0n) is 10.2. The number of H-pyrrole nitrogens is 1. The van der Waals surface area contributed by atoms with Crippen LogP contribution < -0.4 is 11.1 Å². The Morgan fingerprint density at radius 3 is 2.94 bits per heavy atom. The van der Waals surface area contributed by atoms with E-state index in [1.165, 1.54) is 0 Å². The quantitative estimate of drug-likeness (QED) is 0.707. The number of rotatable bonds is 4. The predicted octanol–water partition coefficient (Wildman–Crippen LogP) is 2.86. The fourth-order valence-electron chi connectivity index (χ4n) is 1.83. The average molecular weight is 230 g/mol. The molecule has 0 radical (unpaired) electrons. The molecule has 0 saturated heterocycles. The van der Waals surface area contributed by atoms with Gasteiger partial charge < -0.3 is 16.0 Å². The monoisotopic (exact) mass is 230 g/mol. The van der Waals surface area contributed by atoms with Gasteiger partial charge in [-0.2, -0.15) is 0 Å². The van der Waals surface area contributed by atoms with E-state index in [-0.39, 0.29) is 6.04 Å². The third kappa shape index (κ3) is 2.41. The molecule has 90 valence electrons. The summed E-state index contributed by atoms with van der Waals surface area (Å²) in [6, 6.07) is 6.09. The molecule has 17 heavy (non-hydrogen) atoms. The highest BCUT2D eigenvalue weighted by molar-refractivity contribution is 5.63. The van der Waals surface area contributed by atoms with Crippen LogP contribution in [0.15, 0.2) is 30.6 Å². The average Bonchev–Trinajstić information content (AvgIpc) is 2.85. The molecule has 1 unspecified atom stereocenters. The highest BCUT2D eigenvalue weighted by Gasteiger charge is 2.12. The third-order valence-corrected chi connectivity index (χ3v) is 2.96. The molecule has 0 aliphatic carbocycles. The maximum absolute atomic E-state index is 5.89. The molecule has 0 aliphatic rings. The van der Waals surface area contributed by atoms with Gasteiger partial charge in [0.2, 0.25) is 0 Å². The molecule has 0 saturated carbocycles. The first kappa shape index (κ1) is 11.5. The molecule has 4 nitrogen and oxygen atoms in total. The lowest BCUT2D eigenvalue weighted by Gasteiger charge is -2.18. The molecule has 0 amide bonds. The lowest BCUT2D eigenvalue weighted by molar-refractivity contribution is 0.703. The summed E-state index contributed by atoms with van der Waals surface area (Å²) in [5, 5.41) is 3.47. The van der Waals surface area contributed by atoms with Gasteiger partial charge in [0.1, 0.15) is 5.82 Å². The minimum absolute atomic E-state index is 0.186. The van der Waals surface area contributed by atoms with Crippen molar-refractivity contribution in [2.24, 2.45) is 0 Å². The number of benzene rings is 1. The summed E-state index contributed by atoms with van der Waals surface area (Å²) in [5.41, 5.74) is 8.85. The highest BCUT2D eigenvalue weighted by atomic mass is 15.0. The van der Waals surface area contributed by atoms with Gasteiger partial charge in [-0.1, -0.05) is 13.0 Å². The summed E-state index contributed by atoms with van der Waals surface area (Å²) < 4.78 is 0. The van der Waals surface area contributed by atoms with Gasteiger partial charge in [0.25, 0.3) is 0 Å². The number of hydrogen-bond donors (Lipinski definition) is 3. The standard InChI is InChI=1S/C13H18N4/c1-3-11(13-15-7-8-16-13)17-12-6-4-5-10(14)9(12)2/h4-8,11,17H,3,14H2,1-2H3,(H,15,16). The van der Waals surface area contributed by atoms with E-state index in [1.807, 2.05) is 31.3 Å². The van der Waals surface area contributed by atoms with Crippen molar-refractivity contribution >= 4 is 11.4 Å². The topological polar surface area (TPSA) is 66.7 Å². The molecule has 1 heterocycles. The Morgan fingerprint density at radius 1 is 1.47 bits per heavy atom. The first-order valence-electron chi connectivity index (χ1n) is 5.83. The van der Waals surface area contributed by atoms with Gasteiger partial charge in [-0.15, -0.1) is 0 Å². The maximum Gasteiger partial charge on any atom is 0.128 e. The van der Waals surface area contributed by atoms with Gasteiger partial charge in [0.05, 0.1) is 6.04 Å². The first-order chi connectivity index (χ1) is 8.22. The van der Waals surface area contributed by atoms with E-state index in [0.29, 0.717) is 0 Å². The van der Waals surface area contributed by atoms with E-state index in [2.05, 4.69) is 22.2 Å². The molecule has 2 aromatic rings. The minimum Gasteiger partial charge on any atom is -0.398 e. The summed E-state index contributed by atoms with van der Waals surface area (Å²) in [6.07, 6.45) is 4.57. The largest absolute Gasteiger partial charge is 0.398 e. The van der Waals surface area contributed by atoms with Crippen molar-refractivity contribution in [3.8, 4) is 0 Å². The molecule has 1 atom stereocenters. The molecule has 4 heteroatoms. The van der Waals surface area contributed by atoms with Gasteiger partial charge in [-0.25, -0.2) is 4.98 Å². The molecule has 0 fully saturated rings. The number of anilines is 2. The van der Waals surface area contributed by atoms with Crippen LogP contribution in [0.5, 0.6) is 0 Å². The van der Waals surface area contributed by atoms with Crippen LogP contribution in [-0.4, -0.2) is 9.97 Å². The number of nitrogens with zero attached hydrogens (tertiary/aromatic N) is 1. The minimum atomic E-state index is 0.186. The van der Waals surface area contributed by atoms with Crippen molar-refractivity contribution in [3.05, 3.63) is 42.0 Å². The van der Waals surface area contributed by atoms with E-state index < -0.39 is 0 Å². The van der Waals surface area contributed by atoms with Crippen LogP contribution in [0.25, 0.3) is 0 Å². The van der Waals surface area contributed by atoms with Crippen molar-refractivity contribution < 1.29 is 0 Å². The van der Waals surface area contributed by atoms with E-state index in [9.17, 15) is 0 Å². The van der Waals surface area contributed by atoms with Crippen LogP contribution in [0.1, 0.15) is 30.8 Å². The molecule has 0 bridgehead atoms. The molecular weight excluding hydrogens is 212 g/mol. The van der Waals surface area contributed by atoms with Crippen molar-refractivity contribution in [2.75, 3.05) is 11.1 Å². The molecule has 0 spiro atoms. The Morgan fingerprint density at radius 2 is 2.29 bits per heavy atom. The lowest BCUT2D eigenvalue weighted by Crippen LogP contribution is -2.12. The van der Waals surface area contributed by atoms with Crippen LogP contribution in [0.4, 0.5) is 11.4 Å². The molecule has 0 aliphatic heterocycles. The number of hydrogen-bond acceptors (Lipinski definition) is 3. The van der Waals surface area contributed by atoms with E-state index in [1.54, 1.807) is 6.20 Å². The number of aromatic nitrogens is 2. The lowest BCUT2D eigenvalue weighted by atomic mass is 10.1. The zero-order valence-corrected chi connectivity index (χ0v) is 10.2. The van der Waals surface area contributed by atoms with Crippen molar-refractivity contribution in [2.45, 2.75) is 26.3 Å². The SMILES string of the molecule is CCC(Nc1cccc(N)c1C)c1ncc[nH]1. The van der Waals surface area contributed by atoms with Gasteiger partial charge in [0, 0.05) is 23.8 Å². The van der Waals surface area contributed by atoms with Crippen LogP contribution in [0, 0.1) is 6.92 Å². The number of nitrogen functional groups attached to an aromatic ring is 1. The Hall–Kier alpha value is -1.97. The second-order valence-corrected chi connectivity index (χ2v) is 4.10. The van der Waals surface area contributed by atoms with Crippen LogP contribution in [-0.2, 0) is 0 Å². The second kappa shape index (κ2) is 4.91. The van der Waals surface area contributed by atoms with E-state index >= 15 is 0 Å². The first-order valence-corrected chi connectivity index (χ1v) is 5.83. The fraction of sp³-hybridized carbons (Fsp3) is 0.308. The normalized spacial score (nSPS) is 12.4. The van der Waals surface area contributed by atoms with Crippen LogP contribution >= 0.6 is 0 Å². The van der Waals surface area contributed by atoms with E-state index in [0.717, 1.165) is 29.2 Å². The summed E-state index contributed by atoms with van der Waals surface area (Å²) >= 11 is 0. The number of aromatic amines is 1. The van der Waals surface area contributed by atoms with Crippen molar-refractivity contribution in [1.29, 1.82) is 0 Å². The Kier molecular flexibility index (Phi) is 3.32. The van der Waals surface area contributed by atoms with Gasteiger partial charge in [-0.3, -0.25) is 0 Å². The number of nitrogens with one attached hydrogen (secondary N) is 2. The summed E-state index contributed by atoms with van der Waals surface area (Å²) in [5.74, 6) is 0.953. The summed E-state index contributed by atoms with van der Waals surface area (Å²) in [7, 11) is 0. The maximum atomic E-state index is 5.89. The van der Waals surface area contributed by atoms with Gasteiger partial charge >= 0.3 is 0 Å². The molecule has 4 N–H and O–H groups in total. The van der Waals surface area contributed by atoms with Crippen molar-refractivity contribution in [1.82, 2.24) is 9.97 Å². The Labute approximate surface area is 101 Å². The summed E-state index contributed by atoms with van der Waals surface area (Å²) in [6.45, 7) is 4.15.